The SMILES string of the molecule is CCNC(=O)CNc1ncc(N)cc1C(=O)O. The van der Waals surface area contributed by atoms with Crippen molar-refractivity contribution in [3.05, 3.63) is 17.8 Å². The minimum Gasteiger partial charge on any atom is -0.478 e. The molecule has 1 heterocycles. The van der Waals surface area contributed by atoms with Gasteiger partial charge in [-0.15, -0.1) is 0 Å². The maximum atomic E-state index is 11.2. The molecule has 0 saturated heterocycles. The second kappa shape index (κ2) is 5.69. The number of carboxylic acids is 1. The Balaban J connectivity index is 2.77. The molecule has 0 saturated carbocycles. The van der Waals surface area contributed by atoms with Gasteiger partial charge in [-0.1, -0.05) is 0 Å². The number of rotatable bonds is 5. The molecule has 92 valence electrons. The Morgan fingerprint density at radius 3 is 2.82 bits per heavy atom. The van der Waals surface area contributed by atoms with Gasteiger partial charge in [0.15, 0.2) is 0 Å². The predicted octanol–water partition coefficient (Wildman–Crippen LogP) is -0.0900. The predicted molar refractivity (Wildman–Crippen MR) is 62.8 cm³/mol. The monoisotopic (exact) mass is 238 g/mol. The molecule has 1 aromatic heterocycles. The molecule has 1 rings (SSSR count). The van der Waals surface area contributed by atoms with Gasteiger partial charge in [0.1, 0.15) is 11.4 Å². The van der Waals surface area contributed by atoms with Crippen molar-refractivity contribution in [3.63, 3.8) is 0 Å². The smallest absolute Gasteiger partial charge is 0.339 e. The van der Waals surface area contributed by atoms with Gasteiger partial charge in [0.25, 0.3) is 0 Å². The molecule has 0 radical (unpaired) electrons. The van der Waals surface area contributed by atoms with Crippen molar-refractivity contribution in [3.8, 4) is 0 Å². The molecule has 7 nitrogen and oxygen atoms in total. The van der Waals surface area contributed by atoms with E-state index >= 15 is 0 Å². The van der Waals surface area contributed by atoms with Crippen molar-refractivity contribution in [2.45, 2.75) is 6.92 Å². The molecule has 0 fully saturated rings. The third kappa shape index (κ3) is 3.63. The van der Waals surface area contributed by atoms with Crippen LogP contribution in [0.15, 0.2) is 12.3 Å². The molecule has 0 bridgehead atoms. The standard InChI is InChI=1S/C10H14N4O3/c1-2-12-8(15)5-14-9-7(10(16)17)3-6(11)4-13-9/h3-4H,2,5,11H2,1H3,(H,12,15)(H,13,14)(H,16,17). The van der Waals surface area contributed by atoms with E-state index < -0.39 is 5.97 Å². The highest BCUT2D eigenvalue weighted by Crippen LogP contribution is 2.14. The second-order valence-corrected chi connectivity index (χ2v) is 3.28. The number of carboxylic acid groups (broad SMARTS) is 1. The van der Waals surface area contributed by atoms with Crippen LogP contribution in [0.5, 0.6) is 0 Å². The molecule has 0 aliphatic carbocycles. The Morgan fingerprint density at radius 1 is 1.53 bits per heavy atom. The van der Waals surface area contributed by atoms with Crippen molar-refractivity contribution in [2.24, 2.45) is 0 Å². The van der Waals surface area contributed by atoms with E-state index in [0.29, 0.717) is 6.54 Å². The van der Waals surface area contributed by atoms with E-state index in [-0.39, 0.29) is 29.5 Å². The third-order valence-corrected chi connectivity index (χ3v) is 1.93. The van der Waals surface area contributed by atoms with E-state index in [1.165, 1.54) is 12.3 Å². The van der Waals surface area contributed by atoms with Gasteiger partial charge in [-0.3, -0.25) is 4.79 Å². The number of carbonyl (C=O) groups excluding carboxylic acids is 1. The molecule has 0 unspecified atom stereocenters. The largest absolute Gasteiger partial charge is 0.478 e. The normalized spacial score (nSPS) is 9.71. The zero-order valence-corrected chi connectivity index (χ0v) is 9.36. The number of hydrogen-bond donors (Lipinski definition) is 4. The molecular formula is C10H14N4O3. The summed E-state index contributed by atoms with van der Waals surface area (Å²) in [7, 11) is 0. The molecule has 0 spiro atoms. The number of nitrogens with one attached hydrogen (secondary N) is 2. The summed E-state index contributed by atoms with van der Waals surface area (Å²) in [6, 6.07) is 1.29. The van der Waals surface area contributed by atoms with Crippen molar-refractivity contribution in [2.75, 3.05) is 24.1 Å². The molecule has 5 N–H and O–H groups in total. The van der Waals surface area contributed by atoms with Gasteiger partial charge in [0, 0.05) is 6.54 Å². The molecular weight excluding hydrogens is 224 g/mol. The number of carbonyl (C=O) groups is 2. The summed E-state index contributed by atoms with van der Waals surface area (Å²) >= 11 is 0. The lowest BCUT2D eigenvalue weighted by Crippen LogP contribution is -2.30. The molecule has 17 heavy (non-hydrogen) atoms. The van der Waals surface area contributed by atoms with Crippen LogP contribution in [0.4, 0.5) is 11.5 Å². The van der Waals surface area contributed by atoms with Gasteiger partial charge < -0.3 is 21.5 Å². The lowest BCUT2D eigenvalue weighted by molar-refractivity contribution is -0.119. The highest BCUT2D eigenvalue weighted by molar-refractivity contribution is 5.94. The first-order valence-electron chi connectivity index (χ1n) is 5.04. The lowest BCUT2D eigenvalue weighted by Gasteiger charge is -2.08. The van der Waals surface area contributed by atoms with Crippen LogP contribution in [0, 0.1) is 0 Å². The number of nitrogens with two attached hydrogens (primary N) is 1. The molecule has 0 atom stereocenters. The zero-order chi connectivity index (χ0) is 12.8. The maximum absolute atomic E-state index is 11.2. The van der Waals surface area contributed by atoms with Crippen LogP contribution in [-0.4, -0.2) is 35.1 Å². The van der Waals surface area contributed by atoms with Crippen LogP contribution in [-0.2, 0) is 4.79 Å². The Morgan fingerprint density at radius 2 is 2.24 bits per heavy atom. The van der Waals surface area contributed by atoms with Crippen LogP contribution in [0.2, 0.25) is 0 Å². The lowest BCUT2D eigenvalue weighted by atomic mass is 10.2. The highest BCUT2D eigenvalue weighted by Gasteiger charge is 2.12. The van der Waals surface area contributed by atoms with Gasteiger partial charge in [0.05, 0.1) is 18.4 Å². The van der Waals surface area contributed by atoms with Crippen molar-refractivity contribution >= 4 is 23.4 Å². The summed E-state index contributed by atoms with van der Waals surface area (Å²) < 4.78 is 0. The summed E-state index contributed by atoms with van der Waals surface area (Å²) in [6.45, 7) is 2.27. The Bertz CT molecular complexity index is 434. The molecule has 0 aliphatic rings. The number of nitrogen functional groups attached to an aromatic ring is 1. The van der Waals surface area contributed by atoms with Crippen LogP contribution >= 0.6 is 0 Å². The maximum Gasteiger partial charge on any atom is 0.339 e. The number of pyridine rings is 1. The van der Waals surface area contributed by atoms with Crippen LogP contribution < -0.4 is 16.4 Å². The van der Waals surface area contributed by atoms with Gasteiger partial charge in [-0.2, -0.15) is 0 Å². The fourth-order valence-electron chi connectivity index (χ4n) is 1.21. The molecule has 1 amide bonds. The van der Waals surface area contributed by atoms with Crippen LogP contribution in [0.3, 0.4) is 0 Å². The summed E-state index contributed by atoms with van der Waals surface area (Å²) in [4.78, 5) is 25.9. The number of anilines is 2. The van der Waals surface area contributed by atoms with Crippen LogP contribution in [0.1, 0.15) is 17.3 Å². The van der Waals surface area contributed by atoms with Crippen molar-refractivity contribution in [1.29, 1.82) is 0 Å². The van der Waals surface area contributed by atoms with Gasteiger partial charge >= 0.3 is 5.97 Å². The third-order valence-electron chi connectivity index (χ3n) is 1.93. The van der Waals surface area contributed by atoms with Gasteiger partial charge in [-0.05, 0) is 13.0 Å². The van der Waals surface area contributed by atoms with Gasteiger partial charge in [-0.25, -0.2) is 9.78 Å². The average molecular weight is 238 g/mol. The Labute approximate surface area is 98.0 Å². The second-order valence-electron chi connectivity index (χ2n) is 3.28. The van der Waals surface area contributed by atoms with E-state index in [2.05, 4.69) is 15.6 Å². The molecule has 0 aromatic carbocycles. The van der Waals surface area contributed by atoms with Crippen molar-refractivity contribution in [1.82, 2.24) is 10.3 Å². The van der Waals surface area contributed by atoms with E-state index in [1.807, 2.05) is 0 Å². The number of nitrogens with zero attached hydrogens (tertiary/aromatic N) is 1. The number of hydrogen-bond acceptors (Lipinski definition) is 5. The summed E-state index contributed by atoms with van der Waals surface area (Å²) in [5, 5.41) is 14.1. The minimum atomic E-state index is -1.15. The van der Waals surface area contributed by atoms with E-state index in [1.54, 1.807) is 6.92 Å². The first-order chi connectivity index (χ1) is 8.04. The number of aromatic carboxylic acids is 1. The molecule has 7 heteroatoms. The quantitative estimate of drug-likeness (QED) is 0.569. The van der Waals surface area contributed by atoms with Crippen LogP contribution in [0.25, 0.3) is 0 Å². The zero-order valence-electron chi connectivity index (χ0n) is 9.36. The van der Waals surface area contributed by atoms with E-state index in [4.69, 9.17) is 10.8 Å². The van der Waals surface area contributed by atoms with E-state index in [9.17, 15) is 9.59 Å². The van der Waals surface area contributed by atoms with Crippen molar-refractivity contribution < 1.29 is 14.7 Å². The highest BCUT2D eigenvalue weighted by atomic mass is 16.4. The summed E-state index contributed by atoms with van der Waals surface area (Å²) in [5.74, 6) is -1.26. The number of aromatic nitrogens is 1. The molecule has 0 aliphatic heterocycles. The first-order valence-corrected chi connectivity index (χ1v) is 5.04. The molecule has 1 aromatic rings. The number of likely N-dealkylation sites (N-methyl/N-ethyl adjacent to an activating group) is 1. The Hall–Kier alpha value is -2.31. The fourth-order valence-corrected chi connectivity index (χ4v) is 1.21. The Kier molecular flexibility index (Phi) is 4.27. The first kappa shape index (κ1) is 12.8. The summed E-state index contributed by atoms with van der Waals surface area (Å²) in [5.41, 5.74) is 5.63. The topological polar surface area (TPSA) is 117 Å². The van der Waals surface area contributed by atoms with E-state index in [0.717, 1.165) is 0 Å². The summed E-state index contributed by atoms with van der Waals surface area (Å²) in [6.07, 6.45) is 1.33. The van der Waals surface area contributed by atoms with Gasteiger partial charge in [0.2, 0.25) is 5.91 Å². The minimum absolute atomic E-state index is 0.0367. The fraction of sp³-hybridized carbons (Fsp3) is 0.300. The number of amides is 1. The average Bonchev–Trinajstić information content (AvgIpc) is 2.27.